The number of fused-ring (bicyclic) bond motifs is 1. The molecule has 0 radical (unpaired) electrons. The summed E-state index contributed by atoms with van der Waals surface area (Å²) in [6.07, 6.45) is 3.55. The van der Waals surface area contributed by atoms with E-state index in [-0.39, 0.29) is 6.03 Å². The number of nitrogens with zero attached hydrogens (tertiary/aromatic N) is 3. The highest BCUT2D eigenvalue weighted by atomic mass is 16.2. The third-order valence-corrected chi connectivity index (χ3v) is 2.91. The number of carbonyl (C=O) groups excluding carboxylic acids is 1. The predicted octanol–water partition coefficient (Wildman–Crippen LogP) is 1.90. The van der Waals surface area contributed by atoms with Crippen molar-refractivity contribution in [1.82, 2.24) is 15.4 Å². The maximum atomic E-state index is 11.5. The molecule has 0 atom stereocenters. The topological polar surface area (TPSA) is 72.8 Å². The van der Waals surface area contributed by atoms with Gasteiger partial charge < -0.3 is 4.98 Å². The fraction of sp³-hybridized carbons (Fsp3) is 0.154. The van der Waals surface area contributed by atoms with Gasteiger partial charge in [0.15, 0.2) is 0 Å². The molecule has 3 rings (SSSR count). The minimum Gasteiger partial charge on any atom is -0.361 e. The van der Waals surface area contributed by atoms with Crippen LogP contribution in [-0.4, -0.2) is 34.5 Å². The summed E-state index contributed by atoms with van der Waals surface area (Å²) >= 11 is 0. The van der Waals surface area contributed by atoms with E-state index in [1.54, 1.807) is 6.21 Å². The third-order valence-electron chi connectivity index (χ3n) is 2.91. The van der Waals surface area contributed by atoms with Gasteiger partial charge in [0.1, 0.15) is 0 Å². The first kappa shape index (κ1) is 11.5. The Morgan fingerprint density at radius 2 is 2.26 bits per heavy atom. The number of hydrogen-bond donors (Lipinski definition) is 2. The summed E-state index contributed by atoms with van der Waals surface area (Å²) in [6.45, 7) is 2.25. The Kier molecular flexibility index (Phi) is 2.75. The molecule has 6 nitrogen and oxygen atoms in total. The Balaban J connectivity index is 1.86. The number of amides is 2. The van der Waals surface area contributed by atoms with E-state index in [1.807, 2.05) is 37.4 Å². The second-order valence-electron chi connectivity index (χ2n) is 4.36. The van der Waals surface area contributed by atoms with Crippen molar-refractivity contribution in [3.63, 3.8) is 0 Å². The van der Waals surface area contributed by atoms with Gasteiger partial charge in [-0.15, -0.1) is 0 Å². The fourth-order valence-corrected chi connectivity index (χ4v) is 1.95. The zero-order valence-electron chi connectivity index (χ0n) is 10.4. The molecular formula is C13H13N5O. The monoisotopic (exact) mass is 255 g/mol. The predicted molar refractivity (Wildman–Crippen MR) is 74.2 cm³/mol. The molecule has 1 aromatic carbocycles. The van der Waals surface area contributed by atoms with Crippen LogP contribution in [0.25, 0.3) is 10.9 Å². The van der Waals surface area contributed by atoms with Crippen LogP contribution in [0.3, 0.4) is 0 Å². The Bertz CT molecular complexity index is 685. The van der Waals surface area contributed by atoms with Gasteiger partial charge in [0.25, 0.3) is 0 Å². The van der Waals surface area contributed by atoms with Gasteiger partial charge in [-0.1, -0.05) is 18.2 Å². The van der Waals surface area contributed by atoms with E-state index < -0.39 is 0 Å². The van der Waals surface area contributed by atoms with Gasteiger partial charge in [-0.25, -0.2) is 15.2 Å². The molecule has 96 valence electrons. The number of hydrazone groups is 2. The number of carbonyl (C=O) groups is 1. The van der Waals surface area contributed by atoms with Gasteiger partial charge in [0.2, 0.25) is 0 Å². The molecular weight excluding hydrogens is 242 g/mol. The van der Waals surface area contributed by atoms with E-state index >= 15 is 0 Å². The Labute approximate surface area is 109 Å². The van der Waals surface area contributed by atoms with Gasteiger partial charge in [0.05, 0.1) is 18.5 Å². The van der Waals surface area contributed by atoms with E-state index in [1.165, 1.54) is 5.01 Å². The van der Waals surface area contributed by atoms with Crippen molar-refractivity contribution < 1.29 is 4.79 Å². The molecule has 1 aromatic heterocycles. The number of benzene rings is 1. The summed E-state index contributed by atoms with van der Waals surface area (Å²) in [6, 6.07) is 7.63. The van der Waals surface area contributed by atoms with Crippen molar-refractivity contribution in [2.75, 3.05) is 6.54 Å². The maximum absolute atomic E-state index is 11.5. The van der Waals surface area contributed by atoms with Crippen LogP contribution in [0.15, 0.2) is 40.7 Å². The largest absolute Gasteiger partial charge is 0.361 e. The second kappa shape index (κ2) is 4.56. The van der Waals surface area contributed by atoms with Gasteiger partial charge >= 0.3 is 6.03 Å². The summed E-state index contributed by atoms with van der Waals surface area (Å²) in [5.41, 5.74) is 5.21. The quantitative estimate of drug-likeness (QED) is 0.790. The van der Waals surface area contributed by atoms with Gasteiger partial charge in [-0.3, -0.25) is 0 Å². The number of H-pyrrole nitrogens is 1. The van der Waals surface area contributed by atoms with Gasteiger partial charge in [-0.05, 0) is 13.0 Å². The zero-order chi connectivity index (χ0) is 13.2. The molecule has 0 bridgehead atoms. The lowest BCUT2D eigenvalue weighted by molar-refractivity contribution is 0.204. The van der Waals surface area contributed by atoms with Crippen LogP contribution >= 0.6 is 0 Å². The minimum absolute atomic E-state index is 0.318. The fourth-order valence-electron chi connectivity index (χ4n) is 1.95. The lowest BCUT2D eigenvalue weighted by Gasteiger charge is -2.20. The highest BCUT2D eigenvalue weighted by Crippen LogP contribution is 2.15. The van der Waals surface area contributed by atoms with E-state index in [0.717, 1.165) is 22.2 Å². The first-order valence-corrected chi connectivity index (χ1v) is 5.95. The molecule has 0 fully saturated rings. The van der Waals surface area contributed by atoms with Gasteiger partial charge in [-0.2, -0.15) is 10.2 Å². The van der Waals surface area contributed by atoms with E-state index in [0.29, 0.717) is 6.54 Å². The molecule has 6 heteroatoms. The van der Waals surface area contributed by atoms with E-state index in [9.17, 15) is 4.79 Å². The van der Waals surface area contributed by atoms with Crippen LogP contribution in [0.1, 0.15) is 12.5 Å². The van der Waals surface area contributed by atoms with Crippen molar-refractivity contribution in [2.45, 2.75) is 6.92 Å². The molecule has 2 aromatic rings. The smallest absolute Gasteiger partial charge is 0.358 e. The van der Waals surface area contributed by atoms with E-state index in [2.05, 4.69) is 20.6 Å². The molecule has 2 amide bonds. The average molecular weight is 255 g/mol. The van der Waals surface area contributed by atoms with Crippen molar-refractivity contribution >= 4 is 28.9 Å². The SMILES string of the molecule is CC1=NNC(=O)N(/N=C/c2c[nH]c3ccccc23)C1. The van der Waals surface area contributed by atoms with Crippen LogP contribution in [0.2, 0.25) is 0 Å². The number of rotatable bonds is 2. The summed E-state index contributed by atoms with van der Waals surface area (Å²) < 4.78 is 0. The van der Waals surface area contributed by atoms with Crippen LogP contribution in [0, 0.1) is 0 Å². The third kappa shape index (κ3) is 2.20. The van der Waals surface area contributed by atoms with Crippen LogP contribution < -0.4 is 5.43 Å². The number of para-hydroxylation sites is 1. The number of aromatic amines is 1. The molecule has 0 aliphatic carbocycles. The Hall–Kier alpha value is -2.63. The van der Waals surface area contributed by atoms with Crippen LogP contribution in [0.4, 0.5) is 4.79 Å². The average Bonchev–Trinajstić information content (AvgIpc) is 2.83. The molecule has 1 aliphatic heterocycles. The molecule has 0 unspecified atom stereocenters. The second-order valence-corrected chi connectivity index (χ2v) is 4.36. The maximum Gasteiger partial charge on any atom is 0.358 e. The zero-order valence-corrected chi connectivity index (χ0v) is 10.4. The van der Waals surface area contributed by atoms with Crippen molar-refractivity contribution in [1.29, 1.82) is 0 Å². The molecule has 0 spiro atoms. The summed E-state index contributed by atoms with van der Waals surface area (Å²) in [4.78, 5) is 14.7. The first-order valence-electron chi connectivity index (χ1n) is 5.95. The number of urea groups is 1. The minimum atomic E-state index is -0.318. The van der Waals surface area contributed by atoms with Gasteiger partial charge in [0, 0.05) is 22.7 Å². The molecule has 2 heterocycles. The Morgan fingerprint density at radius 3 is 3.16 bits per heavy atom. The molecule has 19 heavy (non-hydrogen) atoms. The normalized spacial score (nSPS) is 15.9. The molecule has 2 N–H and O–H groups in total. The lowest BCUT2D eigenvalue weighted by atomic mass is 10.2. The van der Waals surface area contributed by atoms with Crippen molar-refractivity contribution in [2.24, 2.45) is 10.2 Å². The first-order chi connectivity index (χ1) is 9.24. The number of nitrogens with one attached hydrogen (secondary N) is 2. The Morgan fingerprint density at radius 1 is 1.42 bits per heavy atom. The number of hydrogen-bond acceptors (Lipinski definition) is 3. The highest BCUT2D eigenvalue weighted by Gasteiger charge is 2.17. The molecule has 1 aliphatic rings. The standard InChI is InChI=1S/C13H13N5O/c1-9-8-18(13(19)17-16-9)15-7-10-6-14-12-5-3-2-4-11(10)12/h2-7,14H,8H2,1H3,(H,17,19)/b15-7+. The lowest BCUT2D eigenvalue weighted by Crippen LogP contribution is -2.42. The molecule has 0 saturated carbocycles. The van der Waals surface area contributed by atoms with Crippen molar-refractivity contribution in [3.05, 3.63) is 36.0 Å². The summed E-state index contributed by atoms with van der Waals surface area (Å²) in [7, 11) is 0. The summed E-state index contributed by atoms with van der Waals surface area (Å²) in [5, 5.41) is 10.5. The van der Waals surface area contributed by atoms with Crippen LogP contribution in [0.5, 0.6) is 0 Å². The van der Waals surface area contributed by atoms with Crippen molar-refractivity contribution in [3.8, 4) is 0 Å². The summed E-state index contributed by atoms with van der Waals surface area (Å²) in [5.74, 6) is 0. The molecule has 0 saturated heterocycles. The number of aromatic nitrogens is 1. The van der Waals surface area contributed by atoms with Crippen LogP contribution in [-0.2, 0) is 0 Å². The highest BCUT2D eigenvalue weighted by molar-refractivity contribution is 5.99. The van der Waals surface area contributed by atoms with E-state index in [4.69, 9.17) is 0 Å².